The van der Waals surface area contributed by atoms with E-state index >= 15 is 0 Å². The van der Waals surface area contributed by atoms with Crippen molar-refractivity contribution in [2.45, 2.75) is 19.9 Å². The Morgan fingerprint density at radius 2 is 2.12 bits per heavy atom. The molecule has 0 saturated carbocycles. The highest BCUT2D eigenvalue weighted by Gasteiger charge is 2.18. The van der Waals surface area contributed by atoms with Crippen molar-refractivity contribution in [3.05, 3.63) is 23.7 Å². The number of nitrogens with zero attached hydrogens (tertiary/aromatic N) is 1. The minimum Gasteiger partial charge on any atom is -0.465 e. The van der Waals surface area contributed by atoms with Crippen LogP contribution in [0.1, 0.15) is 17.9 Å². The molecule has 0 aliphatic heterocycles. The van der Waals surface area contributed by atoms with Gasteiger partial charge in [-0.1, -0.05) is 0 Å². The van der Waals surface area contributed by atoms with Gasteiger partial charge in [-0.25, -0.2) is 8.42 Å². The normalized spacial score (nSPS) is 12.2. The van der Waals surface area contributed by atoms with Gasteiger partial charge in [0.1, 0.15) is 11.5 Å². The third-order valence-corrected chi connectivity index (χ3v) is 4.09. The molecule has 92 valence electrons. The van der Waals surface area contributed by atoms with Gasteiger partial charge in [0.25, 0.3) is 0 Å². The zero-order valence-electron chi connectivity index (χ0n) is 9.51. The number of aliphatic hydroxyl groups excluding tert-OH is 1. The molecule has 5 nitrogen and oxygen atoms in total. The van der Waals surface area contributed by atoms with Crippen LogP contribution >= 0.6 is 0 Å². The molecule has 16 heavy (non-hydrogen) atoms. The average molecular weight is 247 g/mol. The molecule has 0 fully saturated rings. The minimum atomic E-state index is -3.30. The van der Waals surface area contributed by atoms with Crippen molar-refractivity contribution < 1.29 is 17.9 Å². The minimum absolute atomic E-state index is 0.0420. The maximum Gasteiger partial charge on any atom is 0.214 e. The summed E-state index contributed by atoms with van der Waals surface area (Å²) in [6.07, 6.45) is 0.254. The molecule has 6 heteroatoms. The molecule has 0 bridgehead atoms. The maximum absolute atomic E-state index is 11.7. The zero-order chi connectivity index (χ0) is 12.2. The van der Waals surface area contributed by atoms with Crippen LogP contribution in [0.2, 0.25) is 0 Å². The van der Waals surface area contributed by atoms with Crippen molar-refractivity contribution in [3.63, 3.8) is 0 Å². The number of aryl methyl sites for hydroxylation is 1. The van der Waals surface area contributed by atoms with E-state index in [1.165, 1.54) is 11.4 Å². The highest BCUT2D eigenvalue weighted by molar-refractivity contribution is 7.89. The Labute approximate surface area is 95.7 Å². The first-order valence-corrected chi connectivity index (χ1v) is 6.67. The van der Waals surface area contributed by atoms with Crippen molar-refractivity contribution >= 4 is 10.0 Å². The van der Waals surface area contributed by atoms with Crippen molar-refractivity contribution in [1.82, 2.24) is 4.31 Å². The first-order valence-electron chi connectivity index (χ1n) is 5.06. The Morgan fingerprint density at radius 3 is 2.62 bits per heavy atom. The number of rotatable bonds is 6. The number of aliphatic hydroxyl groups is 1. The molecule has 1 N–H and O–H groups in total. The molecule has 0 saturated heterocycles. The van der Waals surface area contributed by atoms with E-state index in [1.807, 2.05) is 6.92 Å². The fraction of sp³-hybridized carbons (Fsp3) is 0.600. The first-order chi connectivity index (χ1) is 7.45. The molecule has 1 heterocycles. The highest BCUT2D eigenvalue weighted by Crippen LogP contribution is 2.11. The molecular formula is C10H17NO4S. The predicted molar refractivity (Wildman–Crippen MR) is 60.4 cm³/mol. The summed E-state index contributed by atoms with van der Waals surface area (Å²) in [6.45, 7) is 1.91. The molecule has 0 unspecified atom stereocenters. The number of sulfonamides is 1. The Hall–Kier alpha value is -0.850. The third-order valence-electron chi connectivity index (χ3n) is 2.21. The van der Waals surface area contributed by atoms with Gasteiger partial charge >= 0.3 is 0 Å². The second-order valence-corrected chi connectivity index (χ2v) is 5.86. The van der Waals surface area contributed by atoms with E-state index in [-0.39, 0.29) is 25.3 Å². The summed E-state index contributed by atoms with van der Waals surface area (Å²) in [7, 11) is -1.79. The number of furan rings is 1. The lowest BCUT2D eigenvalue weighted by Crippen LogP contribution is -2.29. The summed E-state index contributed by atoms with van der Waals surface area (Å²) in [5.41, 5.74) is 0. The van der Waals surface area contributed by atoms with Gasteiger partial charge in [0.15, 0.2) is 0 Å². The summed E-state index contributed by atoms with van der Waals surface area (Å²) in [5, 5.41) is 8.60. The highest BCUT2D eigenvalue weighted by atomic mass is 32.2. The molecule has 0 atom stereocenters. The maximum atomic E-state index is 11.7. The summed E-state index contributed by atoms with van der Waals surface area (Å²) in [4.78, 5) is 0. The van der Waals surface area contributed by atoms with E-state index in [0.717, 1.165) is 5.76 Å². The van der Waals surface area contributed by atoms with E-state index in [9.17, 15) is 8.42 Å². The summed E-state index contributed by atoms with van der Waals surface area (Å²) >= 11 is 0. The van der Waals surface area contributed by atoms with Crippen LogP contribution in [0.3, 0.4) is 0 Å². The average Bonchev–Trinajstić information content (AvgIpc) is 2.61. The molecule has 0 aliphatic rings. The van der Waals surface area contributed by atoms with Crippen LogP contribution in [0.25, 0.3) is 0 Å². The van der Waals surface area contributed by atoms with Crippen molar-refractivity contribution in [3.8, 4) is 0 Å². The SMILES string of the molecule is Cc1ccc(CN(C)S(=O)(=O)CCCO)o1. The van der Waals surface area contributed by atoms with E-state index in [2.05, 4.69) is 0 Å². The van der Waals surface area contributed by atoms with E-state index < -0.39 is 10.0 Å². The molecule has 1 rings (SSSR count). The van der Waals surface area contributed by atoms with Crippen molar-refractivity contribution in [1.29, 1.82) is 0 Å². The van der Waals surface area contributed by atoms with Gasteiger partial charge in [-0.05, 0) is 25.5 Å². The standard InChI is InChI=1S/C10H17NO4S/c1-9-4-5-10(15-9)8-11(2)16(13,14)7-3-6-12/h4-5,12H,3,6-8H2,1-2H3. The van der Waals surface area contributed by atoms with Crippen LogP contribution in [0.4, 0.5) is 0 Å². The largest absolute Gasteiger partial charge is 0.465 e. The fourth-order valence-corrected chi connectivity index (χ4v) is 2.42. The first kappa shape index (κ1) is 13.2. The van der Waals surface area contributed by atoms with Gasteiger partial charge in [-0.2, -0.15) is 4.31 Å². The monoisotopic (exact) mass is 247 g/mol. The van der Waals surface area contributed by atoms with Gasteiger partial charge < -0.3 is 9.52 Å². The predicted octanol–water partition coefficient (Wildman–Crippen LogP) is 0.732. The summed E-state index contributed by atoms with van der Waals surface area (Å²) in [6, 6.07) is 3.55. The van der Waals surface area contributed by atoms with Crippen LogP contribution in [0.5, 0.6) is 0 Å². The van der Waals surface area contributed by atoms with Gasteiger partial charge in [-0.15, -0.1) is 0 Å². The topological polar surface area (TPSA) is 70.8 Å². The lowest BCUT2D eigenvalue weighted by molar-refractivity contribution is 0.294. The van der Waals surface area contributed by atoms with Gasteiger partial charge in [0.2, 0.25) is 10.0 Å². The Balaban J connectivity index is 2.61. The molecule has 0 aliphatic carbocycles. The number of hydrogen-bond donors (Lipinski definition) is 1. The summed E-state index contributed by atoms with van der Waals surface area (Å²) in [5.74, 6) is 1.34. The van der Waals surface area contributed by atoms with Crippen LogP contribution < -0.4 is 0 Å². The van der Waals surface area contributed by atoms with E-state index in [1.54, 1.807) is 12.1 Å². The number of hydrogen-bond acceptors (Lipinski definition) is 4. The van der Waals surface area contributed by atoms with Crippen molar-refractivity contribution in [2.24, 2.45) is 0 Å². The van der Waals surface area contributed by atoms with E-state index in [4.69, 9.17) is 9.52 Å². The molecule has 0 amide bonds. The fourth-order valence-electron chi connectivity index (χ4n) is 1.29. The van der Waals surface area contributed by atoms with Crippen LogP contribution in [0.15, 0.2) is 16.5 Å². The summed E-state index contributed by atoms with van der Waals surface area (Å²) < 4.78 is 29.9. The van der Waals surface area contributed by atoms with Gasteiger partial charge in [0, 0.05) is 13.7 Å². The molecule has 0 aromatic carbocycles. The molecule has 0 radical (unpaired) electrons. The second-order valence-electron chi connectivity index (χ2n) is 3.66. The lowest BCUT2D eigenvalue weighted by atomic mass is 10.4. The van der Waals surface area contributed by atoms with Crippen LogP contribution in [0, 0.1) is 6.92 Å². The van der Waals surface area contributed by atoms with E-state index in [0.29, 0.717) is 5.76 Å². The van der Waals surface area contributed by atoms with Gasteiger partial charge in [-0.3, -0.25) is 0 Å². The van der Waals surface area contributed by atoms with Crippen LogP contribution in [-0.2, 0) is 16.6 Å². The quantitative estimate of drug-likeness (QED) is 0.804. The Bertz CT molecular complexity index is 424. The smallest absolute Gasteiger partial charge is 0.214 e. The Morgan fingerprint density at radius 1 is 1.44 bits per heavy atom. The third kappa shape index (κ3) is 3.62. The van der Waals surface area contributed by atoms with Crippen molar-refractivity contribution in [2.75, 3.05) is 19.4 Å². The molecule has 1 aromatic rings. The molecular weight excluding hydrogens is 230 g/mol. The second kappa shape index (κ2) is 5.47. The molecule has 1 aromatic heterocycles. The lowest BCUT2D eigenvalue weighted by Gasteiger charge is -2.15. The molecule has 0 spiro atoms. The van der Waals surface area contributed by atoms with Gasteiger partial charge in [0.05, 0.1) is 12.3 Å². The van der Waals surface area contributed by atoms with Crippen LogP contribution in [-0.4, -0.2) is 37.2 Å². The Kier molecular flexibility index (Phi) is 4.52. The zero-order valence-corrected chi connectivity index (χ0v) is 10.3.